The van der Waals surface area contributed by atoms with Crippen molar-refractivity contribution in [1.29, 1.82) is 0 Å². The Labute approximate surface area is 181 Å². The van der Waals surface area contributed by atoms with E-state index in [-0.39, 0.29) is 18.5 Å². The number of piperazine rings is 1. The fourth-order valence-electron chi connectivity index (χ4n) is 3.39. The van der Waals surface area contributed by atoms with E-state index in [4.69, 9.17) is 4.74 Å². The average Bonchev–Trinajstić information content (AvgIpc) is 3.58. The minimum Gasteiger partial charge on any atom is -0.457 e. The lowest BCUT2D eigenvalue weighted by Gasteiger charge is -2.33. The number of para-hydroxylation sites is 1. The van der Waals surface area contributed by atoms with Gasteiger partial charge in [-0.05, 0) is 37.1 Å². The summed E-state index contributed by atoms with van der Waals surface area (Å²) in [5.74, 6) is 0.227. The Balaban J connectivity index is 1.23. The fourth-order valence-corrected chi connectivity index (χ4v) is 3.39. The monoisotopic (exact) mass is 422 g/mol. The second-order valence-corrected chi connectivity index (χ2v) is 7.81. The predicted octanol–water partition coefficient (Wildman–Crippen LogP) is 1.84. The quantitative estimate of drug-likeness (QED) is 0.694. The van der Waals surface area contributed by atoms with Crippen LogP contribution >= 0.6 is 0 Å². The highest BCUT2D eigenvalue weighted by atomic mass is 16.5. The van der Waals surface area contributed by atoms with Crippen LogP contribution in [0.2, 0.25) is 0 Å². The zero-order chi connectivity index (χ0) is 21.6. The van der Waals surface area contributed by atoms with Crippen molar-refractivity contribution in [3.8, 4) is 11.5 Å². The Morgan fingerprint density at radius 1 is 0.903 bits per heavy atom. The fraction of sp³-hybridized carbons (Fsp3) is 0.348. The summed E-state index contributed by atoms with van der Waals surface area (Å²) in [4.78, 5) is 40.1. The van der Waals surface area contributed by atoms with E-state index >= 15 is 0 Å². The molecule has 8 heteroatoms. The van der Waals surface area contributed by atoms with Crippen LogP contribution in [0.15, 0.2) is 54.6 Å². The molecule has 4 rings (SSSR count). The third-order valence-corrected chi connectivity index (χ3v) is 5.23. The van der Waals surface area contributed by atoms with Gasteiger partial charge in [-0.1, -0.05) is 24.3 Å². The molecule has 2 N–H and O–H groups in total. The standard InChI is InChI=1S/C23H26N4O4/c28-21(24-18-5-4-8-20(15-18)31-19-6-2-1-3-7-19)16-26-11-13-27(14-12-26)23(30)22(29)25-17-9-10-17/h1-8,15,17H,9-14,16H2,(H,24,28)(H,25,29). The van der Waals surface area contributed by atoms with Crippen LogP contribution in [0.25, 0.3) is 0 Å². The molecule has 0 spiro atoms. The maximum absolute atomic E-state index is 12.5. The molecule has 2 aromatic rings. The van der Waals surface area contributed by atoms with E-state index in [0.717, 1.165) is 18.6 Å². The van der Waals surface area contributed by atoms with Crippen LogP contribution in [0.3, 0.4) is 0 Å². The molecule has 3 amide bonds. The summed E-state index contributed by atoms with van der Waals surface area (Å²) in [7, 11) is 0. The van der Waals surface area contributed by atoms with Crippen LogP contribution in [-0.4, -0.2) is 66.3 Å². The minimum atomic E-state index is -0.522. The highest BCUT2D eigenvalue weighted by molar-refractivity contribution is 6.35. The first-order valence-corrected chi connectivity index (χ1v) is 10.5. The van der Waals surface area contributed by atoms with Crippen LogP contribution in [0, 0.1) is 0 Å². The Hall–Kier alpha value is -3.39. The first kappa shape index (κ1) is 20.9. The van der Waals surface area contributed by atoms with Gasteiger partial charge in [0.05, 0.1) is 6.54 Å². The summed E-state index contributed by atoms with van der Waals surface area (Å²) >= 11 is 0. The number of carbonyl (C=O) groups excluding carboxylic acids is 3. The van der Waals surface area contributed by atoms with Gasteiger partial charge in [-0.2, -0.15) is 0 Å². The van der Waals surface area contributed by atoms with Crippen LogP contribution < -0.4 is 15.4 Å². The molecule has 8 nitrogen and oxygen atoms in total. The van der Waals surface area contributed by atoms with Crippen LogP contribution in [-0.2, 0) is 14.4 Å². The summed E-state index contributed by atoms with van der Waals surface area (Å²) in [5, 5.41) is 5.61. The summed E-state index contributed by atoms with van der Waals surface area (Å²) in [6, 6.07) is 16.9. The second kappa shape index (κ2) is 9.61. The number of amides is 3. The molecule has 0 atom stereocenters. The normalized spacial score (nSPS) is 16.5. The van der Waals surface area contributed by atoms with Gasteiger partial charge in [0.15, 0.2) is 0 Å². The highest BCUT2D eigenvalue weighted by Crippen LogP contribution is 2.24. The topological polar surface area (TPSA) is 91.0 Å². The SMILES string of the molecule is O=C(CN1CCN(C(=O)C(=O)NC2CC2)CC1)Nc1cccc(Oc2ccccc2)c1. The number of ether oxygens (including phenoxy) is 1. The number of anilines is 1. The maximum atomic E-state index is 12.5. The molecule has 1 heterocycles. The van der Waals surface area contributed by atoms with Gasteiger partial charge in [0.2, 0.25) is 5.91 Å². The number of nitrogens with zero attached hydrogens (tertiary/aromatic N) is 2. The van der Waals surface area contributed by atoms with Crippen molar-refractivity contribution in [1.82, 2.24) is 15.1 Å². The number of carbonyl (C=O) groups is 3. The van der Waals surface area contributed by atoms with E-state index in [2.05, 4.69) is 10.6 Å². The van der Waals surface area contributed by atoms with E-state index in [0.29, 0.717) is 37.6 Å². The smallest absolute Gasteiger partial charge is 0.311 e. The number of hydrogen-bond acceptors (Lipinski definition) is 5. The molecular formula is C23H26N4O4. The van der Waals surface area contributed by atoms with Crippen molar-refractivity contribution < 1.29 is 19.1 Å². The van der Waals surface area contributed by atoms with E-state index in [1.807, 2.05) is 53.4 Å². The number of rotatable bonds is 6. The Kier molecular flexibility index (Phi) is 6.47. The van der Waals surface area contributed by atoms with Gasteiger partial charge in [-0.15, -0.1) is 0 Å². The molecule has 0 bridgehead atoms. The van der Waals surface area contributed by atoms with Gasteiger partial charge in [-0.3, -0.25) is 19.3 Å². The molecule has 1 aliphatic heterocycles. The van der Waals surface area contributed by atoms with Gasteiger partial charge < -0.3 is 20.3 Å². The van der Waals surface area contributed by atoms with Crippen LogP contribution in [0.1, 0.15) is 12.8 Å². The summed E-state index contributed by atoms with van der Waals surface area (Å²) < 4.78 is 5.80. The summed E-state index contributed by atoms with van der Waals surface area (Å²) in [6.07, 6.45) is 1.90. The van der Waals surface area contributed by atoms with Crippen molar-refractivity contribution in [2.24, 2.45) is 0 Å². The molecule has 1 aliphatic carbocycles. The van der Waals surface area contributed by atoms with Crippen molar-refractivity contribution in [2.75, 3.05) is 38.0 Å². The lowest BCUT2D eigenvalue weighted by atomic mass is 10.2. The maximum Gasteiger partial charge on any atom is 0.311 e. The zero-order valence-corrected chi connectivity index (χ0v) is 17.3. The first-order chi connectivity index (χ1) is 15.1. The summed E-state index contributed by atoms with van der Waals surface area (Å²) in [6.45, 7) is 2.19. The van der Waals surface area contributed by atoms with Crippen LogP contribution in [0.5, 0.6) is 11.5 Å². The van der Waals surface area contributed by atoms with E-state index in [9.17, 15) is 14.4 Å². The molecule has 0 aromatic heterocycles. The molecular weight excluding hydrogens is 396 g/mol. The highest BCUT2D eigenvalue weighted by Gasteiger charge is 2.30. The predicted molar refractivity (Wildman–Crippen MR) is 116 cm³/mol. The van der Waals surface area contributed by atoms with Gasteiger partial charge in [-0.25, -0.2) is 0 Å². The number of nitrogens with one attached hydrogen (secondary N) is 2. The molecule has 162 valence electrons. The Morgan fingerprint density at radius 3 is 2.32 bits per heavy atom. The minimum absolute atomic E-state index is 0.136. The lowest BCUT2D eigenvalue weighted by molar-refractivity contribution is -0.147. The van der Waals surface area contributed by atoms with Gasteiger partial charge >= 0.3 is 11.8 Å². The Morgan fingerprint density at radius 2 is 1.61 bits per heavy atom. The van der Waals surface area contributed by atoms with Crippen molar-refractivity contribution in [3.05, 3.63) is 54.6 Å². The molecule has 2 aromatic carbocycles. The van der Waals surface area contributed by atoms with Gasteiger partial charge in [0, 0.05) is 44.0 Å². The molecule has 0 radical (unpaired) electrons. The van der Waals surface area contributed by atoms with Crippen LogP contribution in [0.4, 0.5) is 5.69 Å². The molecule has 2 aliphatic rings. The van der Waals surface area contributed by atoms with Crippen molar-refractivity contribution in [2.45, 2.75) is 18.9 Å². The third-order valence-electron chi connectivity index (χ3n) is 5.23. The molecule has 31 heavy (non-hydrogen) atoms. The third kappa shape index (κ3) is 6.05. The molecule has 1 saturated heterocycles. The van der Waals surface area contributed by atoms with E-state index in [1.165, 1.54) is 0 Å². The number of benzene rings is 2. The van der Waals surface area contributed by atoms with Gasteiger partial charge in [0.1, 0.15) is 11.5 Å². The molecule has 1 saturated carbocycles. The second-order valence-electron chi connectivity index (χ2n) is 7.81. The van der Waals surface area contributed by atoms with E-state index < -0.39 is 11.8 Å². The first-order valence-electron chi connectivity index (χ1n) is 10.5. The van der Waals surface area contributed by atoms with Gasteiger partial charge in [0.25, 0.3) is 0 Å². The van der Waals surface area contributed by atoms with Crippen molar-refractivity contribution in [3.63, 3.8) is 0 Å². The average molecular weight is 422 g/mol. The van der Waals surface area contributed by atoms with E-state index in [1.54, 1.807) is 11.0 Å². The van der Waals surface area contributed by atoms with Crippen molar-refractivity contribution >= 4 is 23.4 Å². The summed E-state index contributed by atoms with van der Waals surface area (Å²) in [5.41, 5.74) is 0.656. The Bertz CT molecular complexity index is 938. The molecule has 0 unspecified atom stereocenters. The largest absolute Gasteiger partial charge is 0.457 e. The zero-order valence-electron chi connectivity index (χ0n) is 17.3. The number of hydrogen-bond donors (Lipinski definition) is 2. The lowest BCUT2D eigenvalue weighted by Crippen LogP contribution is -2.53. The molecule has 2 fully saturated rings.